The van der Waals surface area contributed by atoms with E-state index in [4.69, 9.17) is 4.74 Å². The maximum atomic E-state index is 12.0. The van der Waals surface area contributed by atoms with E-state index >= 15 is 0 Å². The van der Waals surface area contributed by atoms with Crippen molar-refractivity contribution in [3.05, 3.63) is 57.6 Å². The predicted molar refractivity (Wildman–Crippen MR) is 97.7 cm³/mol. The summed E-state index contributed by atoms with van der Waals surface area (Å²) in [7, 11) is 1.44. The van der Waals surface area contributed by atoms with Crippen LogP contribution in [0.5, 0.6) is 11.5 Å². The lowest BCUT2D eigenvalue weighted by atomic mass is 10.1. The number of ether oxygens (including phenoxy) is 1. The Kier molecular flexibility index (Phi) is 6.00. The Bertz CT molecular complexity index is 820. The number of phenols is 1. The van der Waals surface area contributed by atoms with Gasteiger partial charge in [-0.3, -0.25) is 14.9 Å². The number of nitro benzene ring substituents is 1. The molecule has 2 aromatic rings. The number of carbonyl (C=O) groups excluding carboxylic acids is 1. The third-order valence-electron chi connectivity index (χ3n) is 3.65. The zero-order valence-electron chi connectivity index (χ0n) is 14.8. The molecule has 138 valence electrons. The van der Waals surface area contributed by atoms with Crippen LogP contribution in [0.1, 0.15) is 29.8 Å². The highest BCUT2D eigenvalue weighted by molar-refractivity contribution is 5.95. The van der Waals surface area contributed by atoms with Crippen molar-refractivity contribution in [1.82, 2.24) is 5.32 Å². The third-order valence-corrected chi connectivity index (χ3v) is 3.65. The number of anilines is 1. The molecule has 3 N–H and O–H groups in total. The van der Waals surface area contributed by atoms with Gasteiger partial charge in [-0.1, -0.05) is 12.1 Å². The fraction of sp³-hybridized carbons (Fsp3) is 0.278. The zero-order chi connectivity index (χ0) is 19.3. The highest BCUT2D eigenvalue weighted by Gasteiger charge is 2.18. The summed E-state index contributed by atoms with van der Waals surface area (Å²) < 4.78 is 5.04. The summed E-state index contributed by atoms with van der Waals surface area (Å²) in [5.74, 6) is -0.0855. The van der Waals surface area contributed by atoms with Crippen molar-refractivity contribution in [1.29, 1.82) is 0 Å². The Balaban J connectivity index is 2.24. The van der Waals surface area contributed by atoms with E-state index in [0.29, 0.717) is 11.3 Å². The average molecular weight is 359 g/mol. The van der Waals surface area contributed by atoms with E-state index in [-0.39, 0.29) is 41.2 Å². The first-order chi connectivity index (χ1) is 12.3. The normalized spacial score (nSPS) is 10.5. The third kappa shape index (κ3) is 4.41. The Hall–Kier alpha value is -3.29. The minimum atomic E-state index is -0.556. The summed E-state index contributed by atoms with van der Waals surface area (Å²) in [6, 6.07) is 9.15. The lowest BCUT2D eigenvalue weighted by Crippen LogP contribution is -2.30. The van der Waals surface area contributed by atoms with Gasteiger partial charge < -0.3 is 20.5 Å². The second kappa shape index (κ2) is 8.19. The minimum absolute atomic E-state index is 0.0296. The van der Waals surface area contributed by atoms with Crippen LogP contribution in [-0.4, -0.2) is 29.1 Å². The van der Waals surface area contributed by atoms with Crippen molar-refractivity contribution in [2.45, 2.75) is 26.4 Å². The molecule has 0 aromatic heterocycles. The molecule has 8 heteroatoms. The number of rotatable bonds is 7. The van der Waals surface area contributed by atoms with E-state index in [1.54, 1.807) is 18.2 Å². The first-order valence-corrected chi connectivity index (χ1v) is 8.01. The maximum absolute atomic E-state index is 12.0. The molecule has 0 heterocycles. The minimum Gasteiger partial charge on any atom is -0.504 e. The van der Waals surface area contributed by atoms with Crippen LogP contribution in [0.25, 0.3) is 0 Å². The summed E-state index contributed by atoms with van der Waals surface area (Å²) in [4.78, 5) is 22.8. The molecular weight excluding hydrogens is 338 g/mol. The molecule has 2 rings (SSSR count). The highest BCUT2D eigenvalue weighted by atomic mass is 16.6. The van der Waals surface area contributed by atoms with Crippen LogP contribution in [0.2, 0.25) is 0 Å². The topological polar surface area (TPSA) is 114 Å². The van der Waals surface area contributed by atoms with E-state index in [2.05, 4.69) is 10.6 Å². The number of para-hydroxylation sites is 1. The molecule has 26 heavy (non-hydrogen) atoms. The number of aromatic hydroxyl groups is 1. The molecule has 1 amide bonds. The molecule has 0 saturated heterocycles. The van der Waals surface area contributed by atoms with Crippen LogP contribution < -0.4 is 15.4 Å². The summed E-state index contributed by atoms with van der Waals surface area (Å²) in [5.41, 5.74) is 0.766. The van der Waals surface area contributed by atoms with E-state index < -0.39 is 4.92 Å². The predicted octanol–water partition coefficient (Wildman–Crippen LogP) is 3.06. The second-order valence-electron chi connectivity index (χ2n) is 5.94. The largest absolute Gasteiger partial charge is 0.504 e. The number of phenolic OH excluding ortho intramolecular Hbond substituents is 1. The Morgan fingerprint density at radius 1 is 1.31 bits per heavy atom. The van der Waals surface area contributed by atoms with E-state index in [0.717, 1.165) is 0 Å². The van der Waals surface area contributed by atoms with Crippen molar-refractivity contribution in [2.24, 2.45) is 0 Å². The monoisotopic (exact) mass is 359 g/mol. The summed E-state index contributed by atoms with van der Waals surface area (Å²) in [6.45, 7) is 3.77. The number of carbonyl (C=O) groups is 1. The van der Waals surface area contributed by atoms with Gasteiger partial charge in [-0.2, -0.15) is 0 Å². The number of methoxy groups -OCH3 is 1. The zero-order valence-corrected chi connectivity index (χ0v) is 14.8. The molecule has 0 bridgehead atoms. The second-order valence-corrected chi connectivity index (χ2v) is 5.94. The lowest BCUT2D eigenvalue weighted by Gasteiger charge is -2.12. The van der Waals surface area contributed by atoms with Gasteiger partial charge in [0, 0.05) is 29.8 Å². The van der Waals surface area contributed by atoms with Crippen LogP contribution in [0, 0.1) is 10.1 Å². The molecule has 0 spiro atoms. The van der Waals surface area contributed by atoms with Gasteiger partial charge in [-0.25, -0.2) is 0 Å². The van der Waals surface area contributed by atoms with E-state index in [1.807, 2.05) is 13.8 Å². The Labute approximate surface area is 151 Å². The standard InChI is InChI=1S/C18H21N3O5/c1-11(2)20-18(23)12-7-8-14(15(9-12)21(24)25)19-10-13-5-4-6-16(26-3)17(13)22/h4-9,11,19,22H,10H2,1-3H3,(H,20,23). The Morgan fingerprint density at radius 2 is 2.04 bits per heavy atom. The smallest absolute Gasteiger partial charge is 0.293 e. The number of benzene rings is 2. The SMILES string of the molecule is COc1cccc(CNc2ccc(C(=O)NC(C)C)cc2[N+](=O)[O-])c1O. The van der Waals surface area contributed by atoms with Gasteiger partial charge in [0.2, 0.25) is 0 Å². The number of hydrogen-bond acceptors (Lipinski definition) is 6. The van der Waals surface area contributed by atoms with Crippen LogP contribution in [-0.2, 0) is 6.54 Å². The van der Waals surface area contributed by atoms with Gasteiger partial charge in [-0.05, 0) is 32.0 Å². The van der Waals surface area contributed by atoms with Crippen molar-refractivity contribution < 1.29 is 19.6 Å². The number of nitrogens with zero attached hydrogens (tertiary/aromatic N) is 1. The molecule has 8 nitrogen and oxygen atoms in total. The molecule has 0 radical (unpaired) electrons. The summed E-state index contributed by atoms with van der Waals surface area (Å²) in [5, 5.41) is 27.1. The molecule has 0 aliphatic carbocycles. The van der Waals surface area contributed by atoms with E-state index in [1.165, 1.54) is 25.3 Å². The van der Waals surface area contributed by atoms with Gasteiger partial charge in [0.25, 0.3) is 11.6 Å². The van der Waals surface area contributed by atoms with Gasteiger partial charge in [0.1, 0.15) is 5.69 Å². The van der Waals surface area contributed by atoms with Crippen LogP contribution >= 0.6 is 0 Å². The first-order valence-electron chi connectivity index (χ1n) is 8.01. The maximum Gasteiger partial charge on any atom is 0.293 e. The quantitative estimate of drug-likeness (QED) is 0.517. The van der Waals surface area contributed by atoms with Crippen LogP contribution in [0.15, 0.2) is 36.4 Å². The summed E-state index contributed by atoms with van der Waals surface area (Å²) >= 11 is 0. The molecule has 0 fully saturated rings. The number of hydrogen-bond donors (Lipinski definition) is 3. The fourth-order valence-electron chi connectivity index (χ4n) is 2.38. The van der Waals surface area contributed by atoms with E-state index in [9.17, 15) is 20.0 Å². The molecule has 0 aliphatic rings. The highest BCUT2D eigenvalue weighted by Crippen LogP contribution is 2.31. The van der Waals surface area contributed by atoms with Gasteiger partial charge in [0.05, 0.1) is 12.0 Å². The first kappa shape index (κ1) is 19.0. The van der Waals surface area contributed by atoms with Crippen LogP contribution in [0.3, 0.4) is 0 Å². The number of nitro groups is 1. The molecule has 0 saturated carbocycles. The van der Waals surface area contributed by atoms with Crippen LogP contribution in [0.4, 0.5) is 11.4 Å². The van der Waals surface area contributed by atoms with Crippen molar-refractivity contribution in [2.75, 3.05) is 12.4 Å². The summed E-state index contributed by atoms with van der Waals surface area (Å²) in [6.07, 6.45) is 0. The molecule has 0 aliphatic heterocycles. The Morgan fingerprint density at radius 3 is 2.65 bits per heavy atom. The molecule has 2 aromatic carbocycles. The molecule has 0 atom stereocenters. The van der Waals surface area contributed by atoms with Gasteiger partial charge >= 0.3 is 0 Å². The van der Waals surface area contributed by atoms with Crippen molar-refractivity contribution in [3.63, 3.8) is 0 Å². The average Bonchev–Trinajstić information content (AvgIpc) is 2.60. The van der Waals surface area contributed by atoms with Gasteiger partial charge in [-0.15, -0.1) is 0 Å². The fourth-order valence-corrected chi connectivity index (χ4v) is 2.38. The number of amides is 1. The molecule has 0 unspecified atom stereocenters. The van der Waals surface area contributed by atoms with Crippen molar-refractivity contribution in [3.8, 4) is 11.5 Å². The number of nitrogens with one attached hydrogen (secondary N) is 2. The molecular formula is C18H21N3O5. The van der Waals surface area contributed by atoms with Crippen molar-refractivity contribution >= 4 is 17.3 Å². The lowest BCUT2D eigenvalue weighted by molar-refractivity contribution is -0.384. The van der Waals surface area contributed by atoms with Gasteiger partial charge in [0.15, 0.2) is 11.5 Å².